The number of amides is 1. The highest BCUT2D eigenvalue weighted by Crippen LogP contribution is 2.25. The van der Waals surface area contributed by atoms with Gasteiger partial charge in [0.15, 0.2) is 0 Å². The number of sulfonamides is 1. The van der Waals surface area contributed by atoms with Gasteiger partial charge in [-0.25, -0.2) is 8.42 Å². The van der Waals surface area contributed by atoms with E-state index in [1.165, 1.54) is 25.3 Å². The summed E-state index contributed by atoms with van der Waals surface area (Å²) in [6.45, 7) is 3.99. The summed E-state index contributed by atoms with van der Waals surface area (Å²) in [5, 5.41) is 2.76. The Morgan fingerprint density at radius 2 is 1.96 bits per heavy atom. The fourth-order valence-electron chi connectivity index (χ4n) is 2.37. The minimum absolute atomic E-state index is 0.0339. The molecule has 2 aromatic rings. The number of nitrogens with one attached hydrogen (secondary N) is 2. The molecule has 2 aromatic carbocycles. The molecule has 6 nitrogen and oxygen atoms in total. The summed E-state index contributed by atoms with van der Waals surface area (Å²) >= 11 is 6.07. The lowest BCUT2D eigenvalue weighted by atomic mass is 10.2. The van der Waals surface area contributed by atoms with Gasteiger partial charge in [0.05, 0.1) is 11.6 Å². The predicted octanol–water partition coefficient (Wildman–Crippen LogP) is 3.21. The largest absolute Gasteiger partial charge is 0.383 e. The number of benzene rings is 2. The van der Waals surface area contributed by atoms with E-state index in [1.54, 1.807) is 25.1 Å². The van der Waals surface area contributed by atoms with Crippen LogP contribution in [0, 0.1) is 6.92 Å². The maximum absolute atomic E-state index is 12.7. The number of hydrogen-bond donors (Lipinski definition) is 2. The second-order valence-electron chi connectivity index (χ2n) is 5.95. The van der Waals surface area contributed by atoms with Crippen molar-refractivity contribution in [2.45, 2.75) is 24.8 Å². The summed E-state index contributed by atoms with van der Waals surface area (Å²) in [5.41, 5.74) is 1.53. The molecule has 0 spiro atoms. The maximum Gasteiger partial charge on any atom is 0.263 e. The van der Waals surface area contributed by atoms with E-state index in [2.05, 4.69) is 10.0 Å². The van der Waals surface area contributed by atoms with Crippen LogP contribution in [0.3, 0.4) is 0 Å². The highest BCUT2D eigenvalue weighted by Gasteiger charge is 2.21. The summed E-state index contributed by atoms with van der Waals surface area (Å²) in [7, 11) is -2.41. The summed E-state index contributed by atoms with van der Waals surface area (Å²) < 4.78 is 32.8. The molecule has 2 N–H and O–H groups in total. The molecule has 0 aliphatic heterocycles. The Morgan fingerprint density at radius 1 is 1.23 bits per heavy atom. The third kappa shape index (κ3) is 5.20. The van der Waals surface area contributed by atoms with Gasteiger partial charge in [0, 0.05) is 24.4 Å². The summed E-state index contributed by atoms with van der Waals surface area (Å²) in [6.07, 6.45) is 0. The molecule has 0 saturated carbocycles. The standard InChI is InChI=1S/C18H21ClN2O4S/c1-12-5-4-6-15(9-12)21-26(23,24)17-10-14(7-8-16(17)19)18(22)20-13(2)11-25-3/h4-10,13,21H,11H2,1-3H3,(H,20,22)/t13-/m1/s1. The van der Waals surface area contributed by atoms with Crippen LogP contribution < -0.4 is 10.0 Å². The van der Waals surface area contributed by atoms with Crippen LogP contribution >= 0.6 is 11.6 Å². The Balaban J connectivity index is 2.29. The molecule has 0 heterocycles. The molecule has 140 valence electrons. The first-order chi connectivity index (χ1) is 12.2. The van der Waals surface area contributed by atoms with Gasteiger partial charge >= 0.3 is 0 Å². The summed E-state index contributed by atoms with van der Waals surface area (Å²) in [5.74, 6) is -0.404. The predicted molar refractivity (Wildman–Crippen MR) is 102 cm³/mol. The number of aryl methyl sites for hydroxylation is 1. The van der Waals surface area contributed by atoms with Crippen LogP contribution in [0.25, 0.3) is 0 Å². The molecule has 0 fully saturated rings. The van der Waals surface area contributed by atoms with Crippen LogP contribution in [-0.2, 0) is 14.8 Å². The van der Waals surface area contributed by atoms with E-state index in [1.807, 2.05) is 13.0 Å². The van der Waals surface area contributed by atoms with Gasteiger partial charge in [0.25, 0.3) is 15.9 Å². The van der Waals surface area contributed by atoms with E-state index >= 15 is 0 Å². The van der Waals surface area contributed by atoms with Gasteiger partial charge < -0.3 is 10.1 Å². The molecule has 1 amide bonds. The first-order valence-corrected chi connectivity index (χ1v) is 9.78. The number of halogens is 1. The van der Waals surface area contributed by atoms with Crippen molar-refractivity contribution in [3.05, 3.63) is 58.6 Å². The molecule has 0 aliphatic rings. The zero-order valence-electron chi connectivity index (χ0n) is 14.7. The van der Waals surface area contributed by atoms with Crippen molar-refractivity contribution in [3.8, 4) is 0 Å². The van der Waals surface area contributed by atoms with Crippen molar-refractivity contribution in [1.82, 2.24) is 5.32 Å². The molecule has 0 aliphatic carbocycles. The second kappa shape index (κ2) is 8.53. The Morgan fingerprint density at radius 3 is 2.62 bits per heavy atom. The molecule has 0 bridgehead atoms. The van der Waals surface area contributed by atoms with Crippen molar-refractivity contribution in [1.29, 1.82) is 0 Å². The topological polar surface area (TPSA) is 84.5 Å². The number of anilines is 1. The summed E-state index contributed by atoms with van der Waals surface area (Å²) in [4.78, 5) is 12.1. The van der Waals surface area contributed by atoms with Crippen molar-refractivity contribution in [2.24, 2.45) is 0 Å². The van der Waals surface area contributed by atoms with Crippen LogP contribution in [0.1, 0.15) is 22.8 Å². The van der Waals surface area contributed by atoms with Crippen LogP contribution in [0.4, 0.5) is 5.69 Å². The molecule has 2 rings (SSSR count). The lowest BCUT2D eigenvalue weighted by molar-refractivity contribution is 0.0905. The van der Waals surface area contributed by atoms with E-state index < -0.39 is 15.9 Å². The molecule has 0 aromatic heterocycles. The molecule has 8 heteroatoms. The zero-order chi connectivity index (χ0) is 19.3. The van der Waals surface area contributed by atoms with Crippen molar-refractivity contribution in [2.75, 3.05) is 18.4 Å². The van der Waals surface area contributed by atoms with Gasteiger partial charge in [-0.15, -0.1) is 0 Å². The Hall–Kier alpha value is -2.09. The van der Waals surface area contributed by atoms with E-state index in [0.29, 0.717) is 12.3 Å². The first-order valence-electron chi connectivity index (χ1n) is 7.92. The van der Waals surface area contributed by atoms with E-state index in [-0.39, 0.29) is 21.5 Å². The number of methoxy groups -OCH3 is 1. The smallest absolute Gasteiger partial charge is 0.263 e. The monoisotopic (exact) mass is 396 g/mol. The number of rotatable bonds is 7. The van der Waals surface area contributed by atoms with Crippen LogP contribution in [-0.4, -0.2) is 34.1 Å². The van der Waals surface area contributed by atoms with Gasteiger partial charge in [-0.3, -0.25) is 9.52 Å². The van der Waals surface area contributed by atoms with Crippen LogP contribution in [0.5, 0.6) is 0 Å². The van der Waals surface area contributed by atoms with Crippen LogP contribution in [0.2, 0.25) is 5.02 Å². The van der Waals surface area contributed by atoms with Gasteiger partial charge in [0.1, 0.15) is 4.90 Å². The SMILES string of the molecule is COC[C@@H](C)NC(=O)c1ccc(Cl)c(S(=O)(=O)Nc2cccc(C)c2)c1. The number of ether oxygens (including phenoxy) is 1. The Bertz CT molecular complexity index is 900. The average Bonchev–Trinajstić information content (AvgIpc) is 2.54. The molecule has 1 atom stereocenters. The third-order valence-electron chi connectivity index (χ3n) is 3.55. The number of carbonyl (C=O) groups is 1. The van der Waals surface area contributed by atoms with Crippen molar-refractivity contribution >= 4 is 33.2 Å². The highest BCUT2D eigenvalue weighted by molar-refractivity contribution is 7.92. The highest BCUT2D eigenvalue weighted by atomic mass is 35.5. The quantitative estimate of drug-likeness (QED) is 0.752. The number of hydrogen-bond acceptors (Lipinski definition) is 4. The second-order valence-corrected chi connectivity index (χ2v) is 8.01. The van der Waals surface area contributed by atoms with E-state index in [0.717, 1.165) is 5.56 Å². The van der Waals surface area contributed by atoms with E-state index in [4.69, 9.17) is 16.3 Å². The summed E-state index contributed by atoms with van der Waals surface area (Å²) in [6, 6.07) is 10.9. The molecule has 0 radical (unpaired) electrons. The average molecular weight is 397 g/mol. The minimum Gasteiger partial charge on any atom is -0.383 e. The fraction of sp³-hybridized carbons (Fsp3) is 0.278. The Labute approximate surface area is 158 Å². The van der Waals surface area contributed by atoms with Crippen molar-refractivity contribution in [3.63, 3.8) is 0 Å². The zero-order valence-corrected chi connectivity index (χ0v) is 16.3. The third-order valence-corrected chi connectivity index (χ3v) is 5.41. The fourth-order valence-corrected chi connectivity index (χ4v) is 3.94. The minimum atomic E-state index is -3.94. The van der Waals surface area contributed by atoms with Gasteiger partial charge in [0.2, 0.25) is 0 Å². The Kier molecular flexibility index (Phi) is 6.63. The molecule has 0 unspecified atom stereocenters. The normalized spacial score (nSPS) is 12.5. The van der Waals surface area contributed by atoms with E-state index in [9.17, 15) is 13.2 Å². The molecular weight excluding hydrogens is 376 g/mol. The molecular formula is C18H21ClN2O4S. The van der Waals surface area contributed by atoms with Gasteiger partial charge in [-0.1, -0.05) is 23.7 Å². The number of carbonyl (C=O) groups excluding carboxylic acids is 1. The first kappa shape index (κ1) is 20.2. The lowest BCUT2D eigenvalue weighted by Gasteiger charge is -2.14. The van der Waals surface area contributed by atoms with Crippen LogP contribution in [0.15, 0.2) is 47.4 Å². The lowest BCUT2D eigenvalue weighted by Crippen LogP contribution is -2.35. The molecule has 0 saturated heterocycles. The van der Waals surface area contributed by atoms with Gasteiger partial charge in [-0.2, -0.15) is 0 Å². The van der Waals surface area contributed by atoms with Gasteiger partial charge in [-0.05, 0) is 49.7 Å². The molecule has 26 heavy (non-hydrogen) atoms. The maximum atomic E-state index is 12.7. The van der Waals surface area contributed by atoms with Crippen molar-refractivity contribution < 1.29 is 17.9 Å².